The number of nitrogens with one attached hydrogen (secondary N) is 2. The Hall–Kier alpha value is -1.28. The van der Waals surface area contributed by atoms with Gasteiger partial charge >= 0.3 is 0 Å². The van der Waals surface area contributed by atoms with Crippen molar-refractivity contribution >= 4 is 23.8 Å². The molecular formula is C21H24ClF2N3OS. The highest BCUT2D eigenvalue weighted by Crippen LogP contribution is 2.67. The fraction of sp³-hybridized carbons (Fsp3) is 0.571. The number of halogens is 3. The number of hydrogen-bond donors (Lipinski definition) is 2. The van der Waals surface area contributed by atoms with Crippen LogP contribution in [0.5, 0.6) is 0 Å². The topological polar surface area (TPSA) is 42.0 Å². The minimum Gasteiger partial charge on any atom is -0.381 e. The highest BCUT2D eigenvalue weighted by molar-refractivity contribution is 7.71. The summed E-state index contributed by atoms with van der Waals surface area (Å²) in [7, 11) is 0. The second-order valence-corrected chi connectivity index (χ2v) is 9.25. The molecule has 2 aromatic rings. The molecule has 156 valence electrons. The third-order valence-electron chi connectivity index (χ3n) is 6.75. The van der Waals surface area contributed by atoms with E-state index in [1.807, 2.05) is 4.57 Å². The van der Waals surface area contributed by atoms with Gasteiger partial charge in [0, 0.05) is 54.1 Å². The molecule has 0 spiro atoms. The number of aromatic amines is 1. The summed E-state index contributed by atoms with van der Waals surface area (Å²) in [4.78, 5) is 3.34. The molecule has 2 fully saturated rings. The highest BCUT2D eigenvalue weighted by Gasteiger charge is 2.64. The third-order valence-corrected chi connectivity index (χ3v) is 7.36. The van der Waals surface area contributed by atoms with Crippen molar-refractivity contribution in [1.29, 1.82) is 0 Å². The number of nitrogens with zero attached hydrogens (tertiary/aromatic N) is 1. The number of fused-ring (bicyclic) bond motifs is 3. The first-order chi connectivity index (χ1) is 14.0. The van der Waals surface area contributed by atoms with E-state index in [9.17, 15) is 8.78 Å². The van der Waals surface area contributed by atoms with Gasteiger partial charge in [0.25, 0.3) is 0 Å². The Morgan fingerprint density at radius 3 is 2.90 bits per heavy atom. The maximum Gasteiger partial charge on any atom is 0.177 e. The zero-order chi connectivity index (χ0) is 20.2. The molecule has 8 heteroatoms. The minimum absolute atomic E-state index is 0.0254. The Morgan fingerprint density at radius 2 is 2.10 bits per heavy atom. The van der Waals surface area contributed by atoms with Crippen LogP contribution in [0.1, 0.15) is 48.6 Å². The van der Waals surface area contributed by atoms with E-state index in [0.717, 1.165) is 63.3 Å². The highest BCUT2D eigenvalue weighted by atomic mass is 35.5. The first kappa shape index (κ1) is 19.7. The van der Waals surface area contributed by atoms with E-state index >= 15 is 0 Å². The van der Waals surface area contributed by atoms with Crippen LogP contribution in [0.25, 0.3) is 0 Å². The molecule has 2 atom stereocenters. The Bertz CT molecular complexity index is 1000. The standard InChI is InChI=1S/C21H24ClF2N3OS/c22-14-3-4-15(23)17(18(14)24)21-10-13(21)19-16(26-20(29)27(19)11-21)2-1-7-25-12-5-8-28-9-6-12/h3-4,12-13,25H,1-2,5-11H2,(H,26,29)/t13?,21-/m0/s1. The summed E-state index contributed by atoms with van der Waals surface area (Å²) >= 11 is 11.5. The lowest BCUT2D eigenvalue weighted by molar-refractivity contribution is 0.0780. The molecule has 0 amide bonds. The van der Waals surface area contributed by atoms with Crippen molar-refractivity contribution in [3.05, 3.63) is 50.5 Å². The average Bonchev–Trinajstić information content (AvgIpc) is 3.19. The summed E-state index contributed by atoms with van der Waals surface area (Å²) in [6.07, 6.45) is 4.71. The molecule has 2 aliphatic heterocycles. The first-order valence-corrected chi connectivity index (χ1v) is 11.1. The number of ether oxygens (including phenoxy) is 1. The molecule has 1 aromatic heterocycles. The van der Waals surface area contributed by atoms with Crippen LogP contribution in [0.4, 0.5) is 8.78 Å². The zero-order valence-electron chi connectivity index (χ0n) is 16.1. The second-order valence-electron chi connectivity index (χ2n) is 8.46. The van der Waals surface area contributed by atoms with Crippen molar-refractivity contribution in [2.45, 2.75) is 56.0 Å². The number of H-pyrrole nitrogens is 1. The van der Waals surface area contributed by atoms with Crippen LogP contribution in [-0.2, 0) is 23.1 Å². The smallest absolute Gasteiger partial charge is 0.177 e. The van der Waals surface area contributed by atoms with Crippen molar-refractivity contribution < 1.29 is 13.5 Å². The van der Waals surface area contributed by atoms with Crippen LogP contribution < -0.4 is 5.32 Å². The van der Waals surface area contributed by atoms with Gasteiger partial charge in [-0.2, -0.15) is 0 Å². The molecular weight excluding hydrogens is 416 g/mol. The number of aromatic nitrogens is 2. The maximum atomic E-state index is 14.7. The van der Waals surface area contributed by atoms with E-state index < -0.39 is 17.0 Å². The van der Waals surface area contributed by atoms with E-state index in [1.165, 1.54) is 12.1 Å². The molecule has 3 aliphatic rings. The lowest BCUT2D eigenvalue weighted by Gasteiger charge is -2.23. The predicted octanol–water partition coefficient (Wildman–Crippen LogP) is 4.62. The van der Waals surface area contributed by atoms with Crippen molar-refractivity contribution in [3.63, 3.8) is 0 Å². The van der Waals surface area contributed by atoms with E-state index in [-0.39, 0.29) is 16.5 Å². The molecule has 1 aromatic carbocycles. The van der Waals surface area contributed by atoms with Crippen LogP contribution in [0.2, 0.25) is 5.02 Å². The molecule has 0 bridgehead atoms. The van der Waals surface area contributed by atoms with Gasteiger partial charge in [-0.25, -0.2) is 8.78 Å². The minimum atomic E-state index is -0.628. The largest absolute Gasteiger partial charge is 0.381 e. The molecule has 1 saturated heterocycles. The lowest BCUT2D eigenvalue weighted by atomic mass is 9.92. The van der Waals surface area contributed by atoms with Crippen molar-refractivity contribution in [1.82, 2.24) is 14.9 Å². The fourth-order valence-electron chi connectivity index (χ4n) is 5.21. The van der Waals surface area contributed by atoms with Crippen LogP contribution in [0.15, 0.2) is 12.1 Å². The van der Waals surface area contributed by atoms with Gasteiger partial charge in [-0.3, -0.25) is 0 Å². The SMILES string of the molecule is Fc1ccc(Cl)c(F)c1[C@]12CC1c1c(CCCNC3CCOCC3)[nH]c(=S)n1C2. The van der Waals surface area contributed by atoms with Crippen LogP contribution in [-0.4, -0.2) is 35.4 Å². The van der Waals surface area contributed by atoms with Gasteiger partial charge in [-0.1, -0.05) is 11.6 Å². The number of rotatable bonds is 6. The maximum absolute atomic E-state index is 14.7. The molecule has 0 radical (unpaired) electrons. The van der Waals surface area contributed by atoms with Gasteiger partial charge in [0.2, 0.25) is 0 Å². The quantitative estimate of drug-likeness (QED) is 0.392. The molecule has 1 unspecified atom stereocenters. The summed E-state index contributed by atoms with van der Waals surface area (Å²) in [6.45, 7) is 3.11. The van der Waals surface area contributed by atoms with Crippen molar-refractivity contribution in [3.8, 4) is 0 Å². The molecule has 2 N–H and O–H groups in total. The average molecular weight is 440 g/mol. The molecule has 1 aliphatic carbocycles. The van der Waals surface area contributed by atoms with E-state index in [2.05, 4.69) is 10.3 Å². The summed E-state index contributed by atoms with van der Waals surface area (Å²) in [5.41, 5.74) is 1.81. The molecule has 1 saturated carbocycles. The number of hydrogen-bond acceptors (Lipinski definition) is 3. The van der Waals surface area contributed by atoms with Gasteiger partial charge in [-0.05, 0) is 63.0 Å². The Balaban J connectivity index is 1.31. The van der Waals surface area contributed by atoms with Crippen LogP contribution in [0.3, 0.4) is 0 Å². The summed E-state index contributed by atoms with van der Waals surface area (Å²) in [5.74, 6) is -1.05. The molecule has 29 heavy (non-hydrogen) atoms. The summed E-state index contributed by atoms with van der Waals surface area (Å²) in [6, 6.07) is 3.08. The Morgan fingerprint density at radius 1 is 1.31 bits per heavy atom. The summed E-state index contributed by atoms with van der Waals surface area (Å²) in [5, 5.41) is 3.58. The van der Waals surface area contributed by atoms with Crippen LogP contribution in [0, 0.1) is 16.4 Å². The normalized spacial score (nSPS) is 25.8. The van der Waals surface area contributed by atoms with E-state index in [4.69, 9.17) is 28.6 Å². The van der Waals surface area contributed by atoms with E-state index in [1.54, 1.807) is 0 Å². The fourth-order valence-corrected chi connectivity index (χ4v) is 5.65. The monoisotopic (exact) mass is 439 g/mol. The number of benzene rings is 1. The van der Waals surface area contributed by atoms with Crippen molar-refractivity contribution in [2.75, 3.05) is 19.8 Å². The molecule has 4 nitrogen and oxygen atoms in total. The lowest BCUT2D eigenvalue weighted by Crippen LogP contribution is -2.35. The van der Waals surface area contributed by atoms with Gasteiger partial charge in [0.05, 0.1) is 5.02 Å². The van der Waals surface area contributed by atoms with Gasteiger partial charge in [0.15, 0.2) is 4.77 Å². The third kappa shape index (κ3) is 3.26. The van der Waals surface area contributed by atoms with Crippen molar-refractivity contribution in [2.24, 2.45) is 0 Å². The predicted molar refractivity (Wildman–Crippen MR) is 110 cm³/mol. The first-order valence-electron chi connectivity index (χ1n) is 10.3. The zero-order valence-corrected chi connectivity index (χ0v) is 17.6. The van der Waals surface area contributed by atoms with Crippen LogP contribution >= 0.6 is 23.8 Å². The Kier molecular flexibility index (Phi) is 5.05. The number of imidazole rings is 1. The van der Waals surface area contributed by atoms with Gasteiger partial charge in [0.1, 0.15) is 11.6 Å². The second kappa shape index (κ2) is 7.45. The Labute approximate surface area is 178 Å². The van der Waals surface area contributed by atoms with Gasteiger partial charge in [-0.15, -0.1) is 0 Å². The van der Waals surface area contributed by atoms with E-state index in [0.29, 0.717) is 17.4 Å². The molecule has 5 rings (SSSR count). The summed E-state index contributed by atoms with van der Waals surface area (Å²) < 4.78 is 37.3. The number of aryl methyl sites for hydroxylation is 1. The molecule has 3 heterocycles. The van der Waals surface area contributed by atoms with Gasteiger partial charge < -0.3 is 19.6 Å².